The average Bonchev–Trinajstić information content (AvgIpc) is 2.33. The molecule has 0 atom stereocenters. The fourth-order valence-corrected chi connectivity index (χ4v) is 1.91. The molecule has 0 aromatic rings. The van der Waals surface area contributed by atoms with Crippen molar-refractivity contribution < 1.29 is 14.4 Å². The molecule has 6 nitrogen and oxygen atoms in total. The summed E-state index contributed by atoms with van der Waals surface area (Å²) < 4.78 is 0. The van der Waals surface area contributed by atoms with Gasteiger partial charge in [0.25, 0.3) is 0 Å². The predicted molar refractivity (Wildman–Crippen MR) is 66.5 cm³/mol. The minimum Gasteiger partial charge on any atom is -0.370 e. The summed E-state index contributed by atoms with van der Waals surface area (Å²) in [5.74, 6) is -0.302. The van der Waals surface area contributed by atoms with Crippen LogP contribution in [0.3, 0.4) is 0 Å². The van der Waals surface area contributed by atoms with Gasteiger partial charge in [-0.25, -0.2) is 0 Å². The van der Waals surface area contributed by atoms with Gasteiger partial charge in [0.15, 0.2) is 0 Å². The second-order valence-corrected chi connectivity index (χ2v) is 4.51. The van der Waals surface area contributed by atoms with Gasteiger partial charge in [-0.05, 0) is 19.3 Å². The van der Waals surface area contributed by atoms with Gasteiger partial charge in [-0.15, -0.1) is 0 Å². The summed E-state index contributed by atoms with van der Waals surface area (Å²) in [6.45, 7) is 1.70. The van der Waals surface area contributed by atoms with Crippen molar-refractivity contribution in [2.24, 2.45) is 5.73 Å². The van der Waals surface area contributed by atoms with Crippen LogP contribution >= 0.6 is 0 Å². The zero-order chi connectivity index (χ0) is 13.4. The van der Waals surface area contributed by atoms with E-state index in [1.54, 1.807) is 4.90 Å². The Labute approximate surface area is 107 Å². The molecule has 1 heterocycles. The highest BCUT2D eigenvalue weighted by Gasteiger charge is 2.18. The van der Waals surface area contributed by atoms with Crippen molar-refractivity contribution >= 4 is 17.7 Å². The number of carbonyl (C=O) groups is 3. The molecule has 3 amide bonds. The summed E-state index contributed by atoms with van der Waals surface area (Å²) in [6, 6.07) is 0. The van der Waals surface area contributed by atoms with E-state index in [1.165, 1.54) is 0 Å². The van der Waals surface area contributed by atoms with Crippen LogP contribution in [0.15, 0.2) is 0 Å². The van der Waals surface area contributed by atoms with Gasteiger partial charge in [0.05, 0.1) is 0 Å². The van der Waals surface area contributed by atoms with Crippen LogP contribution < -0.4 is 11.1 Å². The molecule has 1 rings (SSSR count). The lowest BCUT2D eigenvalue weighted by molar-refractivity contribution is -0.134. The molecule has 18 heavy (non-hydrogen) atoms. The van der Waals surface area contributed by atoms with Gasteiger partial charge in [0.1, 0.15) is 0 Å². The van der Waals surface area contributed by atoms with Crippen LogP contribution in [0.5, 0.6) is 0 Å². The Morgan fingerprint density at radius 2 is 2.06 bits per heavy atom. The van der Waals surface area contributed by atoms with Crippen molar-refractivity contribution in [2.45, 2.75) is 38.5 Å². The van der Waals surface area contributed by atoms with Crippen molar-refractivity contribution in [3.8, 4) is 0 Å². The minimum atomic E-state index is -0.358. The van der Waals surface area contributed by atoms with Crippen LogP contribution in [0.4, 0.5) is 0 Å². The lowest BCUT2D eigenvalue weighted by Gasteiger charge is -2.26. The predicted octanol–water partition coefficient (Wildman–Crippen LogP) is -0.229. The van der Waals surface area contributed by atoms with Gasteiger partial charge < -0.3 is 16.0 Å². The number of nitrogens with one attached hydrogen (secondary N) is 1. The van der Waals surface area contributed by atoms with Crippen LogP contribution in [-0.2, 0) is 14.4 Å². The van der Waals surface area contributed by atoms with Crippen molar-refractivity contribution in [1.29, 1.82) is 0 Å². The second-order valence-electron chi connectivity index (χ2n) is 4.51. The third kappa shape index (κ3) is 5.65. The number of carbonyl (C=O) groups excluding carboxylic acids is 3. The molecule has 1 aliphatic rings. The molecule has 0 aromatic carbocycles. The van der Waals surface area contributed by atoms with E-state index in [0.717, 1.165) is 19.4 Å². The van der Waals surface area contributed by atoms with E-state index < -0.39 is 0 Å². The van der Waals surface area contributed by atoms with E-state index in [1.807, 2.05) is 0 Å². The van der Waals surface area contributed by atoms with E-state index in [4.69, 9.17) is 5.73 Å². The fourth-order valence-electron chi connectivity index (χ4n) is 1.91. The molecule has 1 aliphatic heterocycles. The topological polar surface area (TPSA) is 92.5 Å². The van der Waals surface area contributed by atoms with Crippen LogP contribution in [0.25, 0.3) is 0 Å². The number of nitrogens with two attached hydrogens (primary N) is 1. The molecule has 1 saturated heterocycles. The summed E-state index contributed by atoms with van der Waals surface area (Å²) in [4.78, 5) is 35.2. The van der Waals surface area contributed by atoms with E-state index in [9.17, 15) is 14.4 Å². The molecule has 1 fully saturated rings. The molecular weight excluding hydrogens is 234 g/mol. The Hall–Kier alpha value is -1.59. The maximum absolute atomic E-state index is 11.5. The van der Waals surface area contributed by atoms with Crippen molar-refractivity contribution in [3.05, 3.63) is 0 Å². The molecule has 0 saturated carbocycles. The molecule has 3 N–H and O–H groups in total. The number of primary amides is 1. The molecule has 0 aliphatic carbocycles. The Morgan fingerprint density at radius 3 is 2.72 bits per heavy atom. The van der Waals surface area contributed by atoms with Crippen LogP contribution in [0.1, 0.15) is 38.5 Å². The highest BCUT2D eigenvalue weighted by Crippen LogP contribution is 2.10. The van der Waals surface area contributed by atoms with E-state index in [2.05, 4.69) is 5.32 Å². The number of hydrogen-bond acceptors (Lipinski definition) is 3. The molecule has 0 bridgehead atoms. The maximum atomic E-state index is 11.5. The molecule has 6 heteroatoms. The molecule has 0 spiro atoms. The summed E-state index contributed by atoms with van der Waals surface area (Å²) in [7, 11) is 0. The smallest absolute Gasteiger partial charge is 0.222 e. The number of nitrogens with zero attached hydrogens (tertiary/aromatic N) is 1. The van der Waals surface area contributed by atoms with Crippen molar-refractivity contribution in [2.75, 3.05) is 19.6 Å². The zero-order valence-electron chi connectivity index (χ0n) is 10.6. The summed E-state index contributed by atoms with van der Waals surface area (Å²) in [5, 5.41) is 2.71. The number of likely N-dealkylation sites (tertiary alicyclic amines) is 1. The van der Waals surface area contributed by atoms with Crippen LogP contribution in [-0.4, -0.2) is 42.3 Å². The highest BCUT2D eigenvalue weighted by molar-refractivity contribution is 5.79. The first-order valence-corrected chi connectivity index (χ1v) is 6.42. The van der Waals surface area contributed by atoms with Gasteiger partial charge >= 0.3 is 0 Å². The van der Waals surface area contributed by atoms with E-state index >= 15 is 0 Å². The quantitative estimate of drug-likeness (QED) is 0.615. The number of hydrogen-bond donors (Lipinski definition) is 2. The van der Waals surface area contributed by atoms with E-state index in [-0.39, 0.29) is 24.1 Å². The fraction of sp³-hybridized carbons (Fsp3) is 0.750. The first-order valence-electron chi connectivity index (χ1n) is 6.42. The van der Waals surface area contributed by atoms with Crippen molar-refractivity contribution in [3.63, 3.8) is 0 Å². The number of piperidine rings is 1. The second kappa shape index (κ2) is 7.68. The highest BCUT2D eigenvalue weighted by atomic mass is 16.2. The largest absolute Gasteiger partial charge is 0.370 e. The molecule has 0 aromatic heterocycles. The first-order chi connectivity index (χ1) is 8.59. The van der Waals surface area contributed by atoms with Gasteiger partial charge in [0.2, 0.25) is 17.7 Å². The lowest BCUT2D eigenvalue weighted by Crippen LogP contribution is -2.38. The van der Waals surface area contributed by atoms with Gasteiger partial charge in [-0.2, -0.15) is 0 Å². The van der Waals surface area contributed by atoms with Crippen LogP contribution in [0, 0.1) is 0 Å². The van der Waals surface area contributed by atoms with Gasteiger partial charge in [-0.1, -0.05) is 0 Å². The first kappa shape index (κ1) is 14.5. The molecular formula is C12H21N3O3. The monoisotopic (exact) mass is 255 g/mol. The SMILES string of the molecule is NC(=O)CCCNC(=O)CCN1CCCCC1=O. The molecule has 0 unspecified atom stereocenters. The molecule has 102 valence electrons. The van der Waals surface area contributed by atoms with E-state index in [0.29, 0.717) is 32.4 Å². The Morgan fingerprint density at radius 1 is 1.28 bits per heavy atom. The maximum Gasteiger partial charge on any atom is 0.222 e. The lowest BCUT2D eigenvalue weighted by atomic mass is 10.1. The normalized spacial score (nSPS) is 15.6. The number of amides is 3. The standard InChI is InChI=1S/C12H21N3O3/c13-10(16)4-3-7-14-11(17)6-9-15-8-2-1-5-12(15)18/h1-9H2,(H2,13,16)(H,14,17). The third-order valence-electron chi connectivity index (χ3n) is 2.95. The third-order valence-corrected chi connectivity index (χ3v) is 2.95. The Balaban J connectivity index is 2.09. The van der Waals surface area contributed by atoms with Gasteiger partial charge in [-0.3, -0.25) is 14.4 Å². The molecule has 0 radical (unpaired) electrons. The number of rotatable bonds is 7. The zero-order valence-corrected chi connectivity index (χ0v) is 10.6. The summed E-state index contributed by atoms with van der Waals surface area (Å²) in [6.07, 6.45) is 3.73. The minimum absolute atomic E-state index is 0.0853. The Kier molecular flexibility index (Phi) is 6.18. The summed E-state index contributed by atoms with van der Waals surface area (Å²) in [5.41, 5.74) is 4.98. The average molecular weight is 255 g/mol. The van der Waals surface area contributed by atoms with Gasteiger partial charge in [0, 0.05) is 38.9 Å². The summed E-state index contributed by atoms with van der Waals surface area (Å²) >= 11 is 0. The van der Waals surface area contributed by atoms with Crippen molar-refractivity contribution in [1.82, 2.24) is 10.2 Å². The van der Waals surface area contributed by atoms with Crippen LogP contribution in [0.2, 0.25) is 0 Å². The Bertz CT molecular complexity index is 318.